The molecule has 9 heteroatoms. The average molecular weight is 407 g/mol. The summed E-state index contributed by atoms with van der Waals surface area (Å²) in [5.74, 6) is 1.94. The van der Waals surface area contributed by atoms with Gasteiger partial charge in [-0.2, -0.15) is 15.0 Å². The van der Waals surface area contributed by atoms with Crippen LogP contribution in [0.3, 0.4) is 0 Å². The van der Waals surface area contributed by atoms with E-state index < -0.39 is 0 Å². The zero-order valence-corrected chi connectivity index (χ0v) is 17.2. The van der Waals surface area contributed by atoms with E-state index in [4.69, 9.17) is 4.52 Å². The molecule has 1 aromatic carbocycles. The Bertz CT molecular complexity index is 998. The van der Waals surface area contributed by atoms with Gasteiger partial charge in [-0.1, -0.05) is 35.5 Å². The summed E-state index contributed by atoms with van der Waals surface area (Å²) in [7, 11) is 3.77. The zero-order valence-electron chi connectivity index (χ0n) is 17.2. The molecule has 9 nitrogen and oxygen atoms in total. The van der Waals surface area contributed by atoms with Crippen molar-refractivity contribution < 1.29 is 9.32 Å². The van der Waals surface area contributed by atoms with Gasteiger partial charge in [0.05, 0.1) is 6.54 Å². The second-order valence-electron chi connectivity index (χ2n) is 7.42. The first-order valence-corrected chi connectivity index (χ1v) is 10.1. The monoisotopic (exact) mass is 407 g/mol. The van der Waals surface area contributed by atoms with Gasteiger partial charge in [0.2, 0.25) is 11.9 Å². The maximum Gasteiger partial charge on any atom is 0.273 e. The molecule has 1 fully saturated rings. The lowest BCUT2D eigenvalue weighted by Crippen LogP contribution is -2.33. The number of carbonyl (C=O) groups excluding carboxylic acids is 1. The molecule has 156 valence electrons. The normalized spacial score (nSPS) is 13.9. The van der Waals surface area contributed by atoms with Crippen LogP contribution in [0.2, 0.25) is 0 Å². The molecular weight excluding hydrogens is 382 g/mol. The molecule has 1 aliphatic heterocycles. The topological polar surface area (TPSA) is 100 Å². The smallest absolute Gasteiger partial charge is 0.273 e. The minimum atomic E-state index is -0.340. The van der Waals surface area contributed by atoms with Crippen LogP contribution in [-0.4, -0.2) is 53.2 Å². The molecule has 4 rings (SSSR count). The Balaban J connectivity index is 1.47. The highest BCUT2D eigenvalue weighted by atomic mass is 16.5. The van der Waals surface area contributed by atoms with E-state index in [2.05, 4.69) is 30.3 Å². The van der Waals surface area contributed by atoms with Crippen molar-refractivity contribution in [2.24, 2.45) is 0 Å². The Morgan fingerprint density at radius 3 is 2.60 bits per heavy atom. The van der Waals surface area contributed by atoms with Crippen molar-refractivity contribution in [3.63, 3.8) is 0 Å². The summed E-state index contributed by atoms with van der Waals surface area (Å²) in [5, 5.41) is 6.71. The van der Waals surface area contributed by atoms with Gasteiger partial charge in [-0.25, -0.2) is 0 Å². The SMILES string of the molecule is CN(C)c1nc(CNC(=O)c2cc(-c3ccccc3)on2)nc(N2CCCCC2)n1. The van der Waals surface area contributed by atoms with Gasteiger partial charge in [-0.3, -0.25) is 4.79 Å². The molecule has 0 spiro atoms. The predicted molar refractivity (Wildman–Crippen MR) is 113 cm³/mol. The van der Waals surface area contributed by atoms with E-state index in [1.807, 2.05) is 49.3 Å². The number of hydrogen-bond donors (Lipinski definition) is 1. The summed E-state index contributed by atoms with van der Waals surface area (Å²) >= 11 is 0. The Labute approximate surface area is 175 Å². The Morgan fingerprint density at radius 2 is 1.87 bits per heavy atom. The van der Waals surface area contributed by atoms with Crippen molar-refractivity contribution in [1.82, 2.24) is 25.4 Å². The summed E-state index contributed by atoms with van der Waals surface area (Å²) in [6.45, 7) is 2.05. The first-order chi connectivity index (χ1) is 14.6. The van der Waals surface area contributed by atoms with Crippen molar-refractivity contribution in [2.45, 2.75) is 25.8 Å². The number of benzene rings is 1. The quantitative estimate of drug-likeness (QED) is 0.665. The lowest BCUT2D eigenvalue weighted by molar-refractivity contribution is 0.0941. The fourth-order valence-electron chi connectivity index (χ4n) is 3.28. The van der Waals surface area contributed by atoms with E-state index in [9.17, 15) is 4.79 Å². The minimum Gasteiger partial charge on any atom is -0.355 e. The van der Waals surface area contributed by atoms with Crippen molar-refractivity contribution >= 4 is 17.8 Å². The third-order valence-corrected chi connectivity index (χ3v) is 4.91. The molecule has 0 saturated carbocycles. The van der Waals surface area contributed by atoms with E-state index in [1.54, 1.807) is 6.07 Å². The lowest BCUT2D eigenvalue weighted by atomic mass is 10.1. The van der Waals surface area contributed by atoms with Gasteiger partial charge in [-0.05, 0) is 19.3 Å². The molecule has 0 bridgehead atoms. The van der Waals surface area contributed by atoms with Gasteiger partial charge in [0, 0.05) is 38.8 Å². The van der Waals surface area contributed by atoms with E-state index in [0.29, 0.717) is 23.5 Å². The van der Waals surface area contributed by atoms with Crippen molar-refractivity contribution in [2.75, 3.05) is 37.0 Å². The second-order valence-corrected chi connectivity index (χ2v) is 7.42. The molecule has 1 aliphatic rings. The van der Waals surface area contributed by atoms with Gasteiger partial charge < -0.3 is 19.6 Å². The van der Waals surface area contributed by atoms with Crippen LogP contribution in [0.4, 0.5) is 11.9 Å². The van der Waals surface area contributed by atoms with Gasteiger partial charge >= 0.3 is 0 Å². The molecule has 1 N–H and O–H groups in total. The third-order valence-electron chi connectivity index (χ3n) is 4.91. The summed E-state index contributed by atoms with van der Waals surface area (Å²) < 4.78 is 5.31. The van der Waals surface area contributed by atoms with Crippen LogP contribution in [-0.2, 0) is 6.54 Å². The molecule has 3 heterocycles. The summed E-state index contributed by atoms with van der Waals surface area (Å²) in [4.78, 5) is 30.2. The number of nitrogens with zero attached hydrogens (tertiary/aromatic N) is 6. The average Bonchev–Trinajstić information content (AvgIpc) is 3.29. The van der Waals surface area contributed by atoms with Gasteiger partial charge in [0.15, 0.2) is 17.3 Å². The fourth-order valence-corrected chi connectivity index (χ4v) is 3.28. The van der Waals surface area contributed by atoms with E-state index in [-0.39, 0.29) is 18.1 Å². The molecular formula is C21H25N7O2. The fraction of sp³-hybridized carbons (Fsp3) is 0.381. The number of carbonyl (C=O) groups is 1. The Hall–Kier alpha value is -3.49. The predicted octanol–water partition coefficient (Wildman–Crippen LogP) is 2.51. The maximum absolute atomic E-state index is 12.5. The van der Waals surface area contributed by atoms with Crippen molar-refractivity contribution in [3.05, 3.63) is 47.9 Å². The van der Waals surface area contributed by atoms with Crippen LogP contribution >= 0.6 is 0 Å². The highest BCUT2D eigenvalue weighted by Gasteiger charge is 2.18. The van der Waals surface area contributed by atoms with Crippen molar-refractivity contribution in [3.8, 4) is 11.3 Å². The number of rotatable bonds is 6. The number of amides is 1. The summed E-state index contributed by atoms with van der Waals surface area (Å²) in [5.41, 5.74) is 1.08. The summed E-state index contributed by atoms with van der Waals surface area (Å²) in [6.07, 6.45) is 3.49. The highest BCUT2D eigenvalue weighted by Crippen LogP contribution is 2.20. The van der Waals surface area contributed by atoms with E-state index in [0.717, 1.165) is 31.5 Å². The maximum atomic E-state index is 12.5. The number of aromatic nitrogens is 4. The molecule has 0 radical (unpaired) electrons. The van der Waals surface area contributed by atoms with Crippen LogP contribution in [0.25, 0.3) is 11.3 Å². The first-order valence-electron chi connectivity index (χ1n) is 10.1. The molecule has 0 aliphatic carbocycles. The number of hydrogen-bond acceptors (Lipinski definition) is 8. The molecule has 2 aromatic heterocycles. The number of piperidine rings is 1. The van der Waals surface area contributed by atoms with Crippen LogP contribution in [0.1, 0.15) is 35.6 Å². The number of anilines is 2. The molecule has 3 aromatic rings. The van der Waals surface area contributed by atoms with Crippen molar-refractivity contribution in [1.29, 1.82) is 0 Å². The van der Waals surface area contributed by atoms with Gasteiger partial charge in [0.25, 0.3) is 5.91 Å². The van der Waals surface area contributed by atoms with Gasteiger partial charge in [0.1, 0.15) is 0 Å². The Kier molecular flexibility index (Phi) is 5.87. The van der Waals surface area contributed by atoms with Crippen LogP contribution in [0.15, 0.2) is 40.9 Å². The second kappa shape index (κ2) is 8.89. The number of nitrogens with one attached hydrogen (secondary N) is 1. The summed E-state index contributed by atoms with van der Waals surface area (Å²) in [6, 6.07) is 11.2. The third kappa shape index (κ3) is 4.56. The first kappa shape index (κ1) is 19.8. The molecule has 0 unspecified atom stereocenters. The van der Waals surface area contributed by atoms with E-state index >= 15 is 0 Å². The molecule has 1 saturated heterocycles. The molecule has 30 heavy (non-hydrogen) atoms. The largest absolute Gasteiger partial charge is 0.355 e. The minimum absolute atomic E-state index is 0.177. The lowest BCUT2D eigenvalue weighted by Gasteiger charge is -2.27. The van der Waals surface area contributed by atoms with Crippen LogP contribution in [0, 0.1) is 0 Å². The molecule has 0 atom stereocenters. The Morgan fingerprint density at radius 1 is 1.10 bits per heavy atom. The highest BCUT2D eigenvalue weighted by molar-refractivity contribution is 5.93. The van der Waals surface area contributed by atoms with Crippen LogP contribution < -0.4 is 15.1 Å². The molecule has 1 amide bonds. The van der Waals surface area contributed by atoms with Gasteiger partial charge in [-0.15, -0.1) is 0 Å². The standard InChI is InChI=1S/C21H25N7O2/c1-27(2)20-23-18(24-21(25-20)28-11-7-4-8-12-28)14-22-19(29)16-13-17(30-26-16)15-9-5-3-6-10-15/h3,5-6,9-10,13H,4,7-8,11-12,14H2,1-2H3,(H,22,29). The van der Waals surface area contributed by atoms with Crippen LogP contribution in [0.5, 0.6) is 0 Å². The van der Waals surface area contributed by atoms with E-state index in [1.165, 1.54) is 6.42 Å². The zero-order chi connectivity index (χ0) is 20.9.